The van der Waals surface area contributed by atoms with Crippen molar-refractivity contribution >= 4 is 15.9 Å². The summed E-state index contributed by atoms with van der Waals surface area (Å²) in [5, 5.41) is 0. The molecule has 0 amide bonds. The first-order valence-corrected chi connectivity index (χ1v) is 8.66. The zero-order valence-electron chi connectivity index (χ0n) is 11.9. The molecule has 2 nitrogen and oxygen atoms in total. The van der Waals surface area contributed by atoms with Crippen LogP contribution in [0.15, 0.2) is 30.3 Å². The normalized spacial score (nSPS) is 28.1. The number of hydrogen-bond donors (Lipinski definition) is 0. The van der Waals surface area contributed by atoms with Crippen molar-refractivity contribution in [1.82, 2.24) is 0 Å². The summed E-state index contributed by atoms with van der Waals surface area (Å²) < 4.78 is 11.8. The molecule has 0 radical (unpaired) electrons. The van der Waals surface area contributed by atoms with Crippen molar-refractivity contribution in [2.75, 3.05) is 13.2 Å². The maximum atomic E-state index is 6.11. The Bertz CT molecular complexity index is 414. The van der Waals surface area contributed by atoms with Gasteiger partial charge in [0.1, 0.15) is 12.4 Å². The minimum atomic E-state index is 0.422. The largest absolute Gasteiger partial charge is 0.491 e. The highest BCUT2D eigenvalue weighted by atomic mass is 79.9. The minimum Gasteiger partial charge on any atom is -0.491 e. The molecule has 0 aliphatic heterocycles. The van der Waals surface area contributed by atoms with Crippen LogP contribution in [0.2, 0.25) is 0 Å². The molecule has 0 bridgehead atoms. The Hall–Kier alpha value is -0.540. The highest BCUT2D eigenvalue weighted by Crippen LogP contribution is 2.56. The lowest BCUT2D eigenvalue weighted by Crippen LogP contribution is -2.56. The molecule has 2 fully saturated rings. The molecule has 20 heavy (non-hydrogen) atoms. The maximum absolute atomic E-state index is 6.11. The third-order valence-corrected chi connectivity index (χ3v) is 6.17. The lowest BCUT2D eigenvalue weighted by molar-refractivity contribution is -0.124. The van der Waals surface area contributed by atoms with Crippen molar-refractivity contribution in [3.63, 3.8) is 0 Å². The molecular weight excluding hydrogens is 316 g/mol. The lowest BCUT2D eigenvalue weighted by Gasteiger charge is -2.55. The molecule has 1 aromatic carbocycles. The van der Waals surface area contributed by atoms with Gasteiger partial charge in [0.2, 0.25) is 0 Å². The summed E-state index contributed by atoms with van der Waals surface area (Å²) in [4.78, 5) is 0.662. The highest BCUT2D eigenvalue weighted by Gasteiger charge is 2.54. The molecule has 2 unspecified atom stereocenters. The van der Waals surface area contributed by atoms with Crippen molar-refractivity contribution in [1.29, 1.82) is 0 Å². The molecule has 0 N–H and O–H groups in total. The predicted molar refractivity (Wildman–Crippen MR) is 84.5 cm³/mol. The van der Waals surface area contributed by atoms with Crippen LogP contribution < -0.4 is 4.74 Å². The lowest BCUT2D eigenvalue weighted by atomic mass is 9.58. The van der Waals surface area contributed by atoms with Crippen LogP contribution in [0.25, 0.3) is 0 Å². The fraction of sp³-hybridized carbons (Fsp3) is 0.647. The van der Waals surface area contributed by atoms with E-state index < -0.39 is 0 Å². The quantitative estimate of drug-likeness (QED) is 0.578. The van der Waals surface area contributed by atoms with E-state index in [4.69, 9.17) is 9.47 Å². The molecular formula is C17H23BrO2. The smallest absolute Gasteiger partial charge is 0.119 e. The van der Waals surface area contributed by atoms with E-state index in [0.29, 0.717) is 29.6 Å². The molecule has 2 aliphatic carbocycles. The Morgan fingerprint density at radius 3 is 2.50 bits per heavy atom. The van der Waals surface area contributed by atoms with E-state index in [2.05, 4.69) is 15.9 Å². The van der Waals surface area contributed by atoms with Gasteiger partial charge in [0, 0.05) is 10.2 Å². The SMILES string of the molecule is BrC1CC(OCCOc2ccccc2)C12CCCCC2. The van der Waals surface area contributed by atoms with Crippen LogP contribution in [-0.2, 0) is 4.74 Å². The number of alkyl halides is 1. The molecule has 1 spiro atoms. The standard InChI is InChI=1S/C17H23BrO2/c18-15-13-16(17(15)9-5-2-6-10-17)20-12-11-19-14-7-3-1-4-8-14/h1,3-4,7-8,15-16H,2,5-6,9-13H2. The number of ether oxygens (including phenoxy) is 2. The second-order valence-corrected chi connectivity index (χ2v) is 7.12. The van der Waals surface area contributed by atoms with Crippen molar-refractivity contribution in [2.24, 2.45) is 5.41 Å². The van der Waals surface area contributed by atoms with Crippen LogP contribution in [0.5, 0.6) is 5.75 Å². The second-order valence-electron chi connectivity index (χ2n) is 6.02. The van der Waals surface area contributed by atoms with E-state index in [0.717, 1.165) is 12.2 Å². The predicted octanol–water partition coefficient (Wildman–Crippen LogP) is 4.57. The first-order valence-electron chi connectivity index (χ1n) is 7.75. The van der Waals surface area contributed by atoms with E-state index in [1.54, 1.807) is 0 Å². The number of benzene rings is 1. The zero-order chi connectivity index (χ0) is 13.8. The summed E-state index contributed by atoms with van der Waals surface area (Å²) in [6, 6.07) is 9.96. The summed E-state index contributed by atoms with van der Waals surface area (Å²) >= 11 is 3.85. The average Bonchev–Trinajstić information content (AvgIpc) is 2.52. The van der Waals surface area contributed by atoms with Gasteiger partial charge in [-0.1, -0.05) is 53.4 Å². The molecule has 1 aromatic rings. The van der Waals surface area contributed by atoms with E-state index in [1.165, 1.54) is 32.1 Å². The van der Waals surface area contributed by atoms with Crippen molar-refractivity contribution in [3.05, 3.63) is 30.3 Å². The molecule has 0 heterocycles. The summed E-state index contributed by atoms with van der Waals surface area (Å²) in [6.07, 6.45) is 8.37. The van der Waals surface area contributed by atoms with Crippen LogP contribution in [0.3, 0.4) is 0 Å². The van der Waals surface area contributed by atoms with Crippen LogP contribution in [0.4, 0.5) is 0 Å². The number of hydrogen-bond acceptors (Lipinski definition) is 2. The molecule has 110 valence electrons. The first-order chi connectivity index (χ1) is 9.81. The Morgan fingerprint density at radius 1 is 1.05 bits per heavy atom. The topological polar surface area (TPSA) is 18.5 Å². The van der Waals surface area contributed by atoms with Crippen LogP contribution in [-0.4, -0.2) is 24.1 Å². The molecule has 3 heteroatoms. The molecule has 2 atom stereocenters. The molecule has 2 saturated carbocycles. The molecule has 0 aromatic heterocycles. The Kier molecular flexibility index (Phi) is 4.67. The third-order valence-electron chi connectivity index (χ3n) is 4.88. The Labute approximate surface area is 130 Å². The van der Waals surface area contributed by atoms with E-state index in [9.17, 15) is 0 Å². The molecule has 3 rings (SSSR count). The summed E-state index contributed by atoms with van der Waals surface area (Å²) in [7, 11) is 0. The monoisotopic (exact) mass is 338 g/mol. The van der Waals surface area contributed by atoms with Crippen LogP contribution in [0, 0.1) is 5.41 Å². The summed E-state index contributed by atoms with van der Waals surface area (Å²) in [5.41, 5.74) is 0.422. The van der Waals surface area contributed by atoms with Gasteiger partial charge in [0.05, 0.1) is 12.7 Å². The van der Waals surface area contributed by atoms with Crippen molar-refractivity contribution < 1.29 is 9.47 Å². The fourth-order valence-electron chi connectivity index (χ4n) is 3.64. The van der Waals surface area contributed by atoms with Gasteiger partial charge in [-0.2, -0.15) is 0 Å². The molecule has 2 aliphatic rings. The number of halogens is 1. The van der Waals surface area contributed by atoms with Crippen molar-refractivity contribution in [3.8, 4) is 5.75 Å². The van der Waals surface area contributed by atoms with Crippen LogP contribution >= 0.6 is 15.9 Å². The van der Waals surface area contributed by atoms with Gasteiger partial charge in [-0.15, -0.1) is 0 Å². The Morgan fingerprint density at radius 2 is 1.80 bits per heavy atom. The molecule has 0 saturated heterocycles. The van der Waals surface area contributed by atoms with Gasteiger partial charge >= 0.3 is 0 Å². The summed E-state index contributed by atoms with van der Waals surface area (Å²) in [6.45, 7) is 1.34. The fourth-order valence-corrected chi connectivity index (χ4v) is 4.74. The third kappa shape index (κ3) is 2.89. The van der Waals surface area contributed by atoms with Gasteiger partial charge in [-0.3, -0.25) is 0 Å². The summed E-state index contributed by atoms with van der Waals surface area (Å²) in [5.74, 6) is 0.926. The maximum Gasteiger partial charge on any atom is 0.119 e. The van der Waals surface area contributed by atoms with Gasteiger partial charge in [-0.05, 0) is 31.4 Å². The van der Waals surface area contributed by atoms with Gasteiger partial charge in [0.25, 0.3) is 0 Å². The Balaban J connectivity index is 1.42. The minimum absolute atomic E-state index is 0.422. The number of para-hydroxylation sites is 1. The van der Waals surface area contributed by atoms with E-state index >= 15 is 0 Å². The van der Waals surface area contributed by atoms with E-state index in [-0.39, 0.29) is 0 Å². The van der Waals surface area contributed by atoms with Gasteiger partial charge in [0.15, 0.2) is 0 Å². The highest BCUT2D eigenvalue weighted by molar-refractivity contribution is 9.09. The van der Waals surface area contributed by atoms with Crippen LogP contribution in [0.1, 0.15) is 38.5 Å². The zero-order valence-corrected chi connectivity index (χ0v) is 13.5. The second kappa shape index (κ2) is 6.48. The van der Waals surface area contributed by atoms with Crippen molar-refractivity contribution in [2.45, 2.75) is 49.5 Å². The number of rotatable bonds is 5. The van der Waals surface area contributed by atoms with E-state index in [1.807, 2.05) is 30.3 Å². The average molecular weight is 339 g/mol. The van der Waals surface area contributed by atoms with Gasteiger partial charge in [-0.25, -0.2) is 0 Å². The first kappa shape index (κ1) is 14.4. The van der Waals surface area contributed by atoms with Gasteiger partial charge < -0.3 is 9.47 Å².